The van der Waals surface area contributed by atoms with Gasteiger partial charge in [0.25, 0.3) is 0 Å². The van der Waals surface area contributed by atoms with Crippen molar-refractivity contribution in [3.8, 4) is 0 Å². The van der Waals surface area contributed by atoms with Crippen molar-refractivity contribution < 1.29 is 4.74 Å². The van der Waals surface area contributed by atoms with Gasteiger partial charge in [0.15, 0.2) is 0 Å². The van der Waals surface area contributed by atoms with E-state index in [1.54, 1.807) is 0 Å². The fraction of sp³-hybridized carbons (Fsp3) is 0.429. The molecule has 0 saturated heterocycles. The third kappa shape index (κ3) is 2.99. The Morgan fingerprint density at radius 3 is 2.59 bits per heavy atom. The molecule has 0 radical (unpaired) electrons. The van der Waals surface area contributed by atoms with E-state index in [-0.39, 0.29) is 0 Å². The number of H-pyrrole nitrogens is 1. The standard InChI is InChI=1S/C14H21NOSi/c1-11(17(2,3)4)16-10-13-9-12-7-5-6-8-14(12)15-13/h5-9,11,15H,10H2,1-4H3. The SMILES string of the molecule is CC(OCc1cc2ccccc2[nH]1)[Si](C)(C)C. The molecule has 1 heterocycles. The van der Waals surface area contributed by atoms with Crippen LogP contribution in [0.2, 0.25) is 19.6 Å². The second-order valence-corrected chi connectivity index (χ2v) is 11.2. The minimum Gasteiger partial charge on any atom is -0.376 e. The smallest absolute Gasteiger partial charge is 0.0865 e. The Balaban J connectivity index is 2.04. The summed E-state index contributed by atoms with van der Waals surface area (Å²) in [6.45, 7) is 9.88. The Morgan fingerprint density at radius 1 is 1.24 bits per heavy atom. The van der Waals surface area contributed by atoms with Crippen LogP contribution in [0.4, 0.5) is 0 Å². The van der Waals surface area contributed by atoms with Crippen LogP contribution in [0.25, 0.3) is 10.9 Å². The van der Waals surface area contributed by atoms with Gasteiger partial charge in [0.2, 0.25) is 0 Å². The first kappa shape index (κ1) is 12.4. The first-order valence-corrected chi connectivity index (χ1v) is 9.73. The summed E-state index contributed by atoms with van der Waals surface area (Å²) in [7, 11) is -1.19. The zero-order chi connectivity index (χ0) is 12.5. The maximum atomic E-state index is 5.95. The maximum Gasteiger partial charge on any atom is 0.0865 e. The predicted molar refractivity (Wildman–Crippen MR) is 75.9 cm³/mol. The molecule has 17 heavy (non-hydrogen) atoms. The third-order valence-corrected chi connectivity index (χ3v) is 5.90. The first-order valence-electron chi connectivity index (χ1n) is 6.15. The molecular formula is C14H21NOSi. The Morgan fingerprint density at radius 2 is 1.94 bits per heavy atom. The van der Waals surface area contributed by atoms with Crippen LogP contribution in [0, 0.1) is 0 Å². The summed E-state index contributed by atoms with van der Waals surface area (Å²) in [4.78, 5) is 3.39. The molecule has 0 bridgehead atoms. The summed E-state index contributed by atoms with van der Waals surface area (Å²) in [5.74, 6) is 0. The zero-order valence-electron chi connectivity index (χ0n) is 11.1. The van der Waals surface area contributed by atoms with Crippen LogP contribution in [0.5, 0.6) is 0 Å². The van der Waals surface area contributed by atoms with Crippen molar-refractivity contribution in [2.45, 2.75) is 38.9 Å². The molecular weight excluding hydrogens is 226 g/mol. The Labute approximate surface area is 104 Å². The molecule has 2 nitrogen and oxygen atoms in total. The molecule has 2 aromatic rings. The summed E-state index contributed by atoms with van der Waals surface area (Å²) >= 11 is 0. The molecule has 0 saturated carbocycles. The number of hydrogen-bond acceptors (Lipinski definition) is 1. The van der Waals surface area contributed by atoms with Crippen LogP contribution in [0.1, 0.15) is 12.6 Å². The van der Waals surface area contributed by atoms with Crippen LogP contribution < -0.4 is 0 Å². The molecule has 2 rings (SSSR count). The fourth-order valence-corrected chi connectivity index (χ4v) is 2.26. The van der Waals surface area contributed by atoms with Crippen LogP contribution in [-0.4, -0.2) is 18.8 Å². The van der Waals surface area contributed by atoms with Crippen molar-refractivity contribution in [1.82, 2.24) is 4.98 Å². The van der Waals surface area contributed by atoms with Gasteiger partial charge in [0.1, 0.15) is 0 Å². The van der Waals surface area contributed by atoms with Gasteiger partial charge in [-0.3, -0.25) is 0 Å². The van der Waals surface area contributed by atoms with E-state index in [9.17, 15) is 0 Å². The largest absolute Gasteiger partial charge is 0.376 e. The minimum atomic E-state index is -1.19. The van der Waals surface area contributed by atoms with Crippen LogP contribution in [-0.2, 0) is 11.3 Å². The Bertz CT molecular complexity index is 465. The van der Waals surface area contributed by atoms with Gasteiger partial charge in [-0.1, -0.05) is 37.8 Å². The lowest BCUT2D eigenvalue weighted by atomic mass is 10.2. The fourth-order valence-electron chi connectivity index (χ4n) is 1.68. The highest BCUT2D eigenvalue weighted by molar-refractivity contribution is 6.77. The van der Waals surface area contributed by atoms with Gasteiger partial charge in [0, 0.05) is 16.9 Å². The van der Waals surface area contributed by atoms with Gasteiger partial charge in [-0.25, -0.2) is 0 Å². The van der Waals surface area contributed by atoms with E-state index < -0.39 is 8.07 Å². The minimum absolute atomic E-state index is 0.383. The summed E-state index contributed by atoms with van der Waals surface area (Å²) in [5, 5.41) is 1.26. The van der Waals surface area contributed by atoms with E-state index in [1.807, 2.05) is 6.07 Å². The first-order chi connectivity index (χ1) is 7.97. The number of fused-ring (bicyclic) bond motifs is 1. The number of benzene rings is 1. The summed E-state index contributed by atoms with van der Waals surface area (Å²) < 4.78 is 5.95. The molecule has 1 unspecified atom stereocenters. The van der Waals surface area contributed by atoms with Crippen molar-refractivity contribution >= 4 is 19.0 Å². The monoisotopic (exact) mass is 247 g/mol. The van der Waals surface area contributed by atoms with Gasteiger partial charge < -0.3 is 9.72 Å². The van der Waals surface area contributed by atoms with Gasteiger partial charge in [-0.2, -0.15) is 0 Å². The number of aromatic nitrogens is 1. The van der Waals surface area contributed by atoms with E-state index >= 15 is 0 Å². The van der Waals surface area contributed by atoms with Gasteiger partial charge >= 0.3 is 0 Å². The van der Waals surface area contributed by atoms with Crippen LogP contribution in [0.15, 0.2) is 30.3 Å². The molecule has 1 aromatic carbocycles. The lowest BCUT2D eigenvalue weighted by Crippen LogP contribution is -2.37. The molecule has 0 aliphatic heterocycles. The summed E-state index contributed by atoms with van der Waals surface area (Å²) in [5.41, 5.74) is 2.73. The number of nitrogens with one attached hydrogen (secondary N) is 1. The zero-order valence-corrected chi connectivity index (χ0v) is 12.1. The number of para-hydroxylation sites is 1. The molecule has 92 valence electrons. The Hall–Kier alpha value is -1.06. The number of hydrogen-bond donors (Lipinski definition) is 1. The van der Waals surface area contributed by atoms with Crippen molar-refractivity contribution in [3.05, 3.63) is 36.0 Å². The van der Waals surface area contributed by atoms with E-state index in [4.69, 9.17) is 4.74 Å². The van der Waals surface area contributed by atoms with E-state index in [0.717, 1.165) is 5.69 Å². The van der Waals surface area contributed by atoms with Crippen LogP contribution in [0.3, 0.4) is 0 Å². The second-order valence-electron chi connectivity index (χ2n) is 5.70. The molecule has 0 fully saturated rings. The highest BCUT2D eigenvalue weighted by atomic mass is 28.3. The predicted octanol–water partition coefficient (Wildman–Crippen LogP) is 3.95. The molecule has 0 amide bonds. The second kappa shape index (κ2) is 4.67. The van der Waals surface area contributed by atoms with Crippen molar-refractivity contribution in [2.75, 3.05) is 0 Å². The van der Waals surface area contributed by atoms with Crippen molar-refractivity contribution in [2.24, 2.45) is 0 Å². The molecule has 0 spiro atoms. The average Bonchev–Trinajstić information content (AvgIpc) is 2.66. The maximum absolute atomic E-state index is 5.95. The molecule has 0 aliphatic carbocycles. The van der Waals surface area contributed by atoms with E-state index in [0.29, 0.717) is 12.3 Å². The summed E-state index contributed by atoms with van der Waals surface area (Å²) in [6, 6.07) is 10.5. The quantitative estimate of drug-likeness (QED) is 0.813. The van der Waals surface area contributed by atoms with Gasteiger partial charge in [-0.05, 0) is 24.4 Å². The third-order valence-electron chi connectivity index (χ3n) is 3.29. The molecule has 3 heteroatoms. The van der Waals surface area contributed by atoms with Crippen LogP contribution >= 0.6 is 0 Å². The van der Waals surface area contributed by atoms with Crippen molar-refractivity contribution in [3.63, 3.8) is 0 Å². The molecule has 0 aliphatic rings. The average molecular weight is 247 g/mol. The highest BCUT2D eigenvalue weighted by Gasteiger charge is 2.23. The molecule has 1 N–H and O–H groups in total. The van der Waals surface area contributed by atoms with Crippen molar-refractivity contribution in [1.29, 1.82) is 0 Å². The van der Waals surface area contributed by atoms with Gasteiger partial charge in [0.05, 0.1) is 14.7 Å². The van der Waals surface area contributed by atoms with Gasteiger partial charge in [-0.15, -0.1) is 0 Å². The normalized spacial score (nSPS) is 14.1. The number of aromatic amines is 1. The van der Waals surface area contributed by atoms with E-state index in [1.165, 1.54) is 10.9 Å². The molecule has 1 atom stereocenters. The highest BCUT2D eigenvalue weighted by Crippen LogP contribution is 2.17. The Kier molecular flexibility index (Phi) is 3.40. The molecule has 1 aromatic heterocycles. The number of ether oxygens (including phenoxy) is 1. The van der Waals surface area contributed by atoms with E-state index in [2.05, 4.69) is 55.8 Å². The summed E-state index contributed by atoms with van der Waals surface area (Å²) in [6.07, 6.45) is 0. The topological polar surface area (TPSA) is 25.0 Å². The lowest BCUT2D eigenvalue weighted by molar-refractivity contribution is 0.0958. The number of rotatable bonds is 4. The lowest BCUT2D eigenvalue weighted by Gasteiger charge is -2.24.